The van der Waals surface area contributed by atoms with Crippen LogP contribution in [0.4, 0.5) is 0 Å². The largest absolute Gasteiger partial charge is 0.379 e. The minimum absolute atomic E-state index is 0.0314. The van der Waals surface area contributed by atoms with Gasteiger partial charge in [0.25, 0.3) is 0 Å². The second kappa shape index (κ2) is 5.18. The van der Waals surface area contributed by atoms with Crippen molar-refractivity contribution >= 4 is 5.78 Å². The lowest BCUT2D eigenvalue weighted by Gasteiger charge is -2.26. The molecule has 2 heterocycles. The van der Waals surface area contributed by atoms with Crippen LogP contribution in [0.3, 0.4) is 0 Å². The molecule has 0 unspecified atom stereocenters. The highest BCUT2D eigenvalue weighted by Gasteiger charge is 2.14. The summed E-state index contributed by atoms with van der Waals surface area (Å²) in [6.45, 7) is 5.74. The fourth-order valence-electron chi connectivity index (χ4n) is 1.88. The van der Waals surface area contributed by atoms with Crippen molar-refractivity contribution in [2.24, 2.45) is 0 Å². The Labute approximate surface area is 95.2 Å². The standard InChI is InChI=1S/C12H16N2O2/c1-10(15)12-11(3-2-4-13-12)9-14-5-7-16-8-6-14/h2-4H,5-9H2,1H3. The van der Waals surface area contributed by atoms with Crippen molar-refractivity contribution in [2.75, 3.05) is 26.3 Å². The van der Waals surface area contributed by atoms with Gasteiger partial charge in [-0.25, -0.2) is 0 Å². The smallest absolute Gasteiger partial charge is 0.178 e. The third-order valence-corrected chi connectivity index (χ3v) is 2.72. The van der Waals surface area contributed by atoms with E-state index in [-0.39, 0.29) is 5.78 Å². The predicted octanol–water partition coefficient (Wildman–Crippen LogP) is 1.12. The molecule has 4 nitrogen and oxygen atoms in total. The second-order valence-electron chi connectivity index (χ2n) is 3.96. The van der Waals surface area contributed by atoms with Crippen molar-refractivity contribution in [2.45, 2.75) is 13.5 Å². The number of carbonyl (C=O) groups excluding carboxylic acids is 1. The quantitative estimate of drug-likeness (QED) is 0.716. The molecule has 0 aliphatic carbocycles. The van der Waals surface area contributed by atoms with Crippen molar-refractivity contribution in [3.05, 3.63) is 29.6 Å². The molecule has 0 N–H and O–H groups in total. The van der Waals surface area contributed by atoms with Crippen LogP contribution in [0.15, 0.2) is 18.3 Å². The van der Waals surface area contributed by atoms with E-state index in [1.54, 1.807) is 13.1 Å². The minimum Gasteiger partial charge on any atom is -0.379 e. The molecule has 0 atom stereocenters. The number of hydrogen-bond acceptors (Lipinski definition) is 4. The van der Waals surface area contributed by atoms with Gasteiger partial charge in [-0.05, 0) is 11.6 Å². The van der Waals surface area contributed by atoms with Crippen molar-refractivity contribution in [3.8, 4) is 0 Å². The molecule has 1 aliphatic rings. The van der Waals surface area contributed by atoms with Crippen LogP contribution in [-0.4, -0.2) is 42.0 Å². The normalized spacial score (nSPS) is 17.3. The number of pyridine rings is 1. The maximum Gasteiger partial charge on any atom is 0.178 e. The van der Waals surface area contributed by atoms with Crippen molar-refractivity contribution in [3.63, 3.8) is 0 Å². The first-order valence-corrected chi connectivity index (χ1v) is 5.52. The molecule has 0 bridgehead atoms. The summed E-state index contributed by atoms with van der Waals surface area (Å²) in [5.74, 6) is 0.0314. The molecule has 0 spiro atoms. The van der Waals surface area contributed by atoms with Gasteiger partial charge < -0.3 is 4.74 Å². The zero-order chi connectivity index (χ0) is 11.4. The van der Waals surface area contributed by atoms with Crippen molar-refractivity contribution in [1.29, 1.82) is 0 Å². The third-order valence-electron chi connectivity index (χ3n) is 2.72. The first-order chi connectivity index (χ1) is 7.77. The SMILES string of the molecule is CC(=O)c1ncccc1CN1CCOCC1. The van der Waals surface area contributed by atoms with Crippen LogP contribution >= 0.6 is 0 Å². The number of rotatable bonds is 3. The molecule has 1 saturated heterocycles. The molecule has 0 amide bonds. The molecule has 1 fully saturated rings. The van der Waals surface area contributed by atoms with Crippen LogP contribution < -0.4 is 0 Å². The van der Waals surface area contributed by atoms with Crippen LogP contribution in [-0.2, 0) is 11.3 Å². The number of aromatic nitrogens is 1. The van der Waals surface area contributed by atoms with E-state index in [1.807, 2.05) is 12.1 Å². The van der Waals surface area contributed by atoms with Gasteiger partial charge in [-0.3, -0.25) is 14.7 Å². The summed E-state index contributed by atoms with van der Waals surface area (Å²) < 4.78 is 5.29. The summed E-state index contributed by atoms with van der Waals surface area (Å²) >= 11 is 0. The minimum atomic E-state index is 0.0314. The lowest BCUT2D eigenvalue weighted by Crippen LogP contribution is -2.36. The van der Waals surface area contributed by atoms with Gasteiger partial charge >= 0.3 is 0 Å². The van der Waals surface area contributed by atoms with Gasteiger partial charge in [-0.15, -0.1) is 0 Å². The van der Waals surface area contributed by atoms with Crippen molar-refractivity contribution < 1.29 is 9.53 Å². The van der Waals surface area contributed by atoms with Crippen molar-refractivity contribution in [1.82, 2.24) is 9.88 Å². The van der Waals surface area contributed by atoms with Crippen LogP contribution in [0.1, 0.15) is 23.0 Å². The Balaban J connectivity index is 2.10. The second-order valence-corrected chi connectivity index (χ2v) is 3.96. The van der Waals surface area contributed by atoms with Crippen LogP contribution in [0.5, 0.6) is 0 Å². The Hall–Kier alpha value is -1.26. The summed E-state index contributed by atoms with van der Waals surface area (Å²) in [6.07, 6.45) is 1.67. The van der Waals surface area contributed by atoms with E-state index in [2.05, 4.69) is 9.88 Å². The Morgan fingerprint density at radius 2 is 2.25 bits per heavy atom. The Morgan fingerprint density at radius 3 is 2.94 bits per heavy atom. The lowest BCUT2D eigenvalue weighted by atomic mass is 10.1. The first kappa shape index (κ1) is 11.2. The number of ether oxygens (including phenoxy) is 1. The van der Waals surface area contributed by atoms with Gasteiger partial charge in [0, 0.05) is 32.8 Å². The van der Waals surface area contributed by atoms with Crippen LogP contribution in [0, 0.1) is 0 Å². The molecular formula is C12H16N2O2. The number of Topliss-reactive ketones (excluding diaryl/α,β-unsaturated/α-hetero) is 1. The number of ketones is 1. The molecule has 0 aromatic carbocycles. The van der Waals surface area contributed by atoms with Gasteiger partial charge in [0.2, 0.25) is 0 Å². The van der Waals surface area contributed by atoms with Gasteiger partial charge in [0.1, 0.15) is 5.69 Å². The highest BCUT2D eigenvalue weighted by Crippen LogP contribution is 2.11. The molecule has 86 valence electrons. The summed E-state index contributed by atoms with van der Waals surface area (Å²) in [5, 5.41) is 0. The molecule has 1 aliphatic heterocycles. The molecule has 0 saturated carbocycles. The number of hydrogen-bond donors (Lipinski definition) is 0. The Bertz CT molecular complexity index is 373. The monoisotopic (exact) mass is 220 g/mol. The molecule has 0 radical (unpaired) electrons. The zero-order valence-electron chi connectivity index (χ0n) is 9.48. The molecule has 1 aromatic rings. The number of nitrogens with zero attached hydrogens (tertiary/aromatic N) is 2. The van der Waals surface area contributed by atoms with E-state index in [1.165, 1.54) is 0 Å². The van der Waals surface area contributed by atoms with E-state index in [0.717, 1.165) is 38.4 Å². The summed E-state index contributed by atoms with van der Waals surface area (Å²) in [5.41, 5.74) is 1.60. The molecular weight excluding hydrogens is 204 g/mol. The number of morpholine rings is 1. The van der Waals surface area contributed by atoms with E-state index in [4.69, 9.17) is 4.74 Å². The first-order valence-electron chi connectivity index (χ1n) is 5.52. The van der Waals surface area contributed by atoms with Crippen LogP contribution in [0.25, 0.3) is 0 Å². The molecule has 2 rings (SSSR count). The van der Waals surface area contributed by atoms with E-state index < -0.39 is 0 Å². The summed E-state index contributed by atoms with van der Waals surface area (Å²) in [6, 6.07) is 3.85. The average molecular weight is 220 g/mol. The Morgan fingerprint density at radius 1 is 1.50 bits per heavy atom. The van der Waals surface area contributed by atoms with Gasteiger partial charge in [0.15, 0.2) is 5.78 Å². The highest BCUT2D eigenvalue weighted by molar-refractivity contribution is 5.93. The van der Waals surface area contributed by atoms with Crippen LogP contribution in [0.2, 0.25) is 0 Å². The maximum atomic E-state index is 11.4. The average Bonchev–Trinajstić information content (AvgIpc) is 2.31. The lowest BCUT2D eigenvalue weighted by molar-refractivity contribution is 0.0340. The fourth-order valence-corrected chi connectivity index (χ4v) is 1.88. The molecule has 1 aromatic heterocycles. The number of carbonyl (C=O) groups is 1. The van der Waals surface area contributed by atoms with E-state index in [9.17, 15) is 4.79 Å². The van der Waals surface area contributed by atoms with E-state index in [0.29, 0.717) is 5.69 Å². The Kier molecular flexibility index (Phi) is 3.64. The third kappa shape index (κ3) is 2.65. The maximum absolute atomic E-state index is 11.4. The zero-order valence-corrected chi connectivity index (χ0v) is 9.48. The van der Waals surface area contributed by atoms with Gasteiger partial charge in [-0.1, -0.05) is 6.07 Å². The molecule has 16 heavy (non-hydrogen) atoms. The topological polar surface area (TPSA) is 42.4 Å². The highest BCUT2D eigenvalue weighted by atomic mass is 16.5. The van der Waals surface area contributed by atoms with E-state index >= 15 is 0 Å². The summed E-state index contributed by atoms with van der Waals surface area (Å²) in [7, 11) is 0. The fraction of sp³-hybridized carbons (Fsp3) is 0.500. The van der Waals surface area contributed by atoms with Gasteiger partial charge in [0.05, 0.1) is 13.2 Å². The molecule has 4 heteroatoms. The predicted molar refractivity (Wildman–Crippen MR) is 60.3 cm³/mol. The summed E-state index contributed by atoms with van der Waals surface area (Å²) in [4.78, 5) is 17.8. The van der Waals surface area contributed by atoms with Gasteiger partial charge in [-0.2, -0.15) is 0 Å².